The van der Waals surface area contributed by atoms with E-state index in [2.05, 4.69) is 11.9 Å². The second kappa shape index (κ2) is 8.42. The molecule has 8 heteroatoms. The summed E-state index contributed by atoms with van der Waals surface area (Å²) < 4.78 is 5.17. The number of ether oxygens (including phenoxy) is 1. The summed E-state index contributed by atoms with van der Waals surface area (Å²) in [5, 5.41) is 12.8. The van der Waals surface area contributed by atoms with E-state index in [1.54, 1.807) is 31.2 Å². The molecule has 0 atom stereocenters. The second-order valence-electron chi connectivity index (χ2n) is 6.62. The number of carbonyl (C=O) groups excluding carboxylic acids is 3. The summed E-state index contributed by atoms with van der Waals surface area (Å²) in [5.74, 6) is -1.48. The van der Waals surface area contributed by atoms with Gasteiger partial charge in [-0.1, -0.05) is 23.7 Å². The maximum Gasteiger partial charge on any atom is 0.335 e. The molecule has 0 aliphatic carbocycles. The van der Waals surface area contributed by atoms with Crippen LogP contribution in [0.1, 0.15) is 16.7 Å². The third-order valence-electron chi connectivity index (χ3n) is 4.59. The van der Waals surface area contributed by atoms with Crippen molar-refractivity contribution in [3.05, 3.63) is 70.3 Å². The molecule has 3 rings (SSSR count). The Labute approximate surface area is 178 Å². The number of halogens is 1. The predicted molar refractivity (Wildman–Crippen MR) is 114 cm³/mol. The minimum atomic E-state index is -0.863. The number of anilines is 1. The third-order valence-corrected chi connectivity index (χ3v) is 4.99. The number of benzene rings is 2. The van der Waals surface area contributed by atoms with Crippen molar-refractivity contribution in [2.75, 3.05) is 12.0 Å². The van der Waals surface area contributed by atoms with E-state index < -0.39 is 17.8 Å². The third kappa shape index (κ3) is 3.92. The number of imide groups is 2. The molecule has 1 saturated heterocycles. The molecule has 0 aromatic heterocycles. The number of nitrogens with one attached hydrogen (secondary N) is 1. The van der Waals surface area contributed by atoms with E-state index in [4.69, 9.17) is 16.3 Å². The van der Waals surface area contributed by atoms with Crippen LogP contribution < -0.4 is 15.0 Å². The summed E-state index contributed by atoms with van der Waals surface area (Å²) in [7, 11) is 1.39. The summed E-state index contributed by atoms with van der Waals surface area (Å²) in [6.45, 7) is 5.44. The molecule has 0 radical (unpaired) electrons. The lowest BCUT2D eigenvalue weighted by molar-refractivity contribution is -0.122. The largest absolute Gasteiger partial charge is 0.504 e. The number of phenolic OH excluding ortho intramolecular Hbond substituents is 1. The summed E-state index contributed by atoms with van der Waals surface area (Å²) >= 11 is 6.12. The highest BCUT2D eigenvalue weighted by atomic mass is 35.5. The maximum atomic E-state index is 13.0. The molecule has 2 N–H and O–H groups in total. The number of urea groups is 1. The van der Waals surface area contributed by atoms with Crippen molar-refractivity contribution in [2.45, 2.75) is 13.3 Å². The number of barbiturate groups is 1. The number of hydrogen-bond donors (Lipinski definition) is 2. The van der Waals surface area contributed by atoms with Crippen LogP contribution in [0.25, 0.3) is 6.08 Å². The number of phenols is 1. The van der Waals surface area contributed by atoms with Crippen LogP contribution in [0.15, 0.2) is 48.6 Å². The van der Waals surface area contributed by atoms with Gasteiger partial charge >= 0.3 is 6.03 Å². The zero-order valence-corrected chi connectivity index (χ0v) is 17.1. The SMILES string of the molecule is C=CCc1cc(C=C2C(=O)NC(=O)N(c3ccc(C)c(Cl)c3)C2=O)cc(OC)c1O. The number of carbonyl (C=O) groups is 3. The molecule has 0 unspecified atom stereocenters. The summed E-state index contributed by atoms with van der Waals surface area (Å²) in [5.41, 5.74) is 1.73. The van der Waals surface area contributed by atoms with Gasteiger partial charge in [-0.25, -0.2) is 9.69 Å². The molecule has 30 heavy (non-hydrogen) atoms. The van der Waals surface area contributed by atoms with Crippen molar-refractivity contribution < 1.29 is 24.2 Å². The van der Waals surface area contributed by atoms with E-state index in [9.17, 15) is 19.5 Å². The Hall–Kier alpha value is -3.58. The topological polar surface area (TPSA) is 95.9 Å². The monoisotopic (exact) mass is 426 g/mol. The molecule has 1 aliphatic heterocycles. The Kier molecular flexibility index (Phi) is 5.94. The Morgan fingerprint density at radius 3 is 2.60 bits per heavy atom. The highest BCUT2D eigenvalue weighted by Gasteiger charge is 2.37. The fourth-order valence-corrected chi connectivity index (χ4v) is 3.19. The number of aryl methyl sites for hydroxylation is 1. The van der Waals surface area contributed by atoms with Gasteiger partial charge in [0.15, 0.2) is 11.5 Å². The van der Waals surface area contributed by atoms with E-state index >= 15 is 0 Å². The average molecular weight is 427 g/mol. The molecule has 2 aromatic carbocycles. The molecule has 0 spiro atoms. The minimum Gasteiger partial charge on any atom is -0.504 e. The first-order chi connectivity index (χ1) is 14.3. The molecular formula is C22H19ClN2O5. The van der Waals surface area contributed by atoms with E-state index in [-0.39, 0.29) is 22.8 Å². The first-order valence-electron chi connectivity index (χ1n) is 8.95. The minimum absolute atomic E-state index is 0.0509. The van der Waals surface area contributed by atoms with E-state index in [0.717, 1.165) is 10.5 Å². The van der Waals surface area contributed by atoms with Gasteiger partial charge in [0.05, 0.1) is 12.8 Å². The van der Waals surface area contributed by atoms with Gasteiger partial charge in [0.2, 0.25) is 0 Å². The fraction of sp³-hybridized carbons (Fsp3) is 0.136. The van der Waals surface area contributed by atoms with E-state index in [1.165, 1.54) is 25.3 Å². The van der Waals surface area contributed by atoms with Crippen molar-refractivity contribution in [2.24, 2.45) is 0 Å². The first-order valence-corrected chi connectivity index (χ1v) is 9.33. The number of amides is 4. The van der Waals surface area contributed by atoms with Crippen LogP contribution in [0.3, 0.4) is 0 Å². The summed E-state index contributed by atoms with van der Waals surface area (Å²) in [4.78, 5) is 38.6. The highest BCUT2D eigenvalue weighted by Crippen LogP contribution is 2.33. The number of rotatable bonds is 5. The summed E-state index contributed by atoms with van der Waals surface area (Å²) in [6, 6.07) is 6.95. The summed E-state index contributed by atoms with van der Waals surface area (Å²) in [6.07, 6.45) is 3.29. The number of hydrogen-bond acceptors (Lipinski definition) is 5. The number of aromatic hydroxyl groups is 1. The standard InChI is InChI=1S/C22H19ClN2O5/c1-4-5-14-8-13(10-18(30-3)19(14)26)9-16-20(27)24-22(29)25(21(16)28)15-7-6-12(2)17(23)11-15/h4,6-11,26H,1,5H2,2-3H3,(H,24,27,29). The number of nitrogens with zero attached hydrogens (tertiary/aromatic N) is 1. The predicted octanol–water partition coefficient (Wildman–Crippen LogP) is 3.76. The Morgan fingerprint density at radius 2 is 1.97 bits per heavy atom. The second-order valence-corrected chi connectivity index (χ2v) is 7.02. The highest BCUT2D eigenvalue weighted by molar-refractivity contribution is 6.39. The van der Waals surface area contributed by atoms with Crippen molar-refractivity contribution in [1.82, 2.24) is 5.32 Å². The number of methoxy groups -OCH3 is 1. The van der Waals surface area contributed by atoms with Crippen LogP contribution in [-0.4, -0.2) is 30.1 Å². The van der Waals surface area contributed by atoms with Crippen LogP contribution in [0, 0.1) is 6.92 Å². The maximum absolute atomic E-state index is 13.0. The lowest BCUT2D eigenvalue weighted by Gasteiger charge is -2.26. The molecule has 154 valence electrons. The van der Waals surface area contributed by atoms with Gasteiger partial charge < -0.3 is 9.84 Å². The molecule has 0 bridgehead atoms. The van der Waals surface area contributed by atoms with Crippen LogP contribution in [0.2, 0.25) is 5.02 Å². The zero-order valence-electron chi connectivity index (χ0n) is 16.4. The lowest BCUT2D eigenvalue weighted by atomic mass is 10.0. The molecule has 1 fully saturated rings. The van der Waals surface area contributed by atoms with Crippen molar-refractivity contribution in [3.8, 4) is 11.5 Å². The molecule has 7 nitrogen and oxygen atoms in total. The van der Waals surface area contributed by atoms with E-state index in [1.807, 2.05) is 0 Å². The first kappa shape index (κ1) is 21.1. The smallest absolute Gasteiger partial charge is 0.335 e. The Bertz CT molecular complexity index is 1110. The van der Waals surface area contributed by atoms with Crippen molar-refractivity contribution >= 4 is 41.2 Å². The Morgan fingerprint density at radius 1 is 1.23 bits per heavy atom. The molecule has 1 aliphatic rings. The van der Waals surface area contributed by atoms with Gasteiger partial charge in [0, 0.05) is 10.6 Å². The average Bonchev–Trinajstić information content (AvgIpc) is 2.70. The zero-order chi connectivity index (χ0) is 22.0. The van der Waals surface area contributed by atoms with E-state index in [0.29, 0.717) is 22.6 Å². The molecule has 1 heterocycles. The van der Waals surface area contributed by atoms with Crippen molar-refractivity contribution in [3.63, 3.8) is 0 Å². The van der Waals surface area contributed by atoms with Gasteiger partial charge in [-0.3, -0.25) is 14.9 Å². The van der Waals surface area contributed by atoms with Gasteiger partial charge in [0.25, 0.3) is 11.8 Å². The molecule has 2 aromatic rings. The Balaban J connectivity index is 2.07. The normalized spacial score (nSPS) is 15.4. The van der Waals surface area contributed by atoms with Crippen LogP contribution >= 0.6 is 11.6 Å². The van der Waals surface area contributed by atoms with Crippen LogP contribution in [0.4, 0.5) is 10.5 Å². The van der Waals surface area contributed by atoms with Gasteiger partial charge in [-0.15, -0.1) is 6.58 Å². The quantitative estimate of drug-likeness (QED) is 0.431. The van der Waals surface area contributed by atoms with Crippen LogP contribution in [-0.2, 0) is 16.0 Å². The number of allylic oxidation sites excluding steroid dienone is 1. The lowest BCUT2D eigenvalue weighted by Crippen LogP contribution is -2.54. The van der Waals surface area contributed by atoms with Gasteiger partial charge in [-0.05, 0) is 54.8 Å². The fourth-order valence-electron chi connectivity index (χ4n) is 3.02. The van der Waals surface area contributed by atoms with Crippen LogP contribution in [0.5, 0.6) is 11.5 Å². The van der Waals surface area contributed by atoms with Gasteiger partial charge in [0.1, 0.15) is 5.57 Å². The molecule has 0 saturated carbocycles. The van der Waals surface area contributed by atoms with Gasteiger partial charge in [-0.2, -0.15) is 0 Å². The van der Waals surface area contributed by atoms with Crippen molar-refractivity contribution in [1.29, 1.82) is 0 Å². The molecular weight excluding hydrogens is 408 g/mol. The molecule has 4 amide bonds.